The summed E-state index contributed by atoms with van der Waals surface area (Å²) in [4.78, 5) is 21.6. The van der Waals surface area contributed by atoms with Crippen molar-refractivity contribution in [2.24, 2.45) is 0 Å². The second-order valence-electron chi connectivity index (χ2n) is 2.70. The molecular formula is C7H12N2O3. The molecule has 5 nitrogen and oxygen atoms in total. The van der Waals surface area contributed by atoms with Crippen LogP contribution in [0.3, 0.4) is 0 Å². The van der Waals surface area contributed by atoms with Gasteiger partial charge in [-0.25, -0.2) is 4.79 Å². The van der Waals surface area contributed by atoms with Gasteiger partial charge in [0.15, 0.2) is 5.78 Å². The molecule has 0 aromatic carbocycles. The Hall–Kier alpha value is -1.10. The molecule has 0 aliphatic carbocycles. The normalized spacial score (nSPS) is 24.5. The number of rotatable bonds is 3. The first-order valence-electron chi connectivity index (χ1n) is 3.77. The van der Waals surface area contributed by atoms with Crippen molar-refractivity contribution < 1.29 is 14.3 Å². The lowest BCUT2D eigenvalue weighted by Crippen LogP contribution is -2.44. The number of hydrogen-bond acceptors (Lipinski definition) is 4. The van der Waals surface area contributed by atoms with E-state index in [1.165, 1.54) is 6.92 Å². The van der Waals surface area contributed by atoms with Crippen LogP contribution in [-0.2, 0) is 9.53 Å². The molecule has 0 bridgehead atoms. The number of carbonyl (C=O) groups excluding carboxylic acids is 2. The minimum Gasteiger partial charge on any atom is -0.442 e. The zero-order valence-electron chi connectivity index (χ0n) is 7.09. The summed E-state index contributed by atoms with van der Waals surface area (Å²) < 4.78 is 4.84. The summed E-state index contributed by atoms with van der Waals surface area (Å²) in [6.07, 6.45) is -0.832. The van der Waals surface area contributed by atoms with E-state index >= 15 is 0 Å². The third-order valence-electron chi connectivity index (χ3n) is 1.83. The third kappa shape index (κ3) is 1.73. The molecule has 1 aliphatic rings. The molecule has 1 heterocycles. The first-order chi connectivity index (χ1) is 5.65. The fourth-order valence-electron chi connectivity index (χ4n) is 1.24. The van der Waals surface area contributed by atoms with Crippen molar-refractivity contribution in [1.29, 1.82) is 0 Å². The van der Waals surface area contributed by atoms with Crippen LogP contribution in [-0.4, -0.2) is 37.6 Å². The van der Waals surface area contributed by atoms with E-state index in [1.54, 1.807) is 7.05 Å². The molecule has 1 rings (SSSR count). The number of ether oxygens (including phenoxy) is 1. The Kier molecular flexibility index (Phi) is 2.65. The lowest BCUT2D eigenvalue weighted by molar-refractivity contribution is -0.120. The number of alkyl carbamates (subject to hydrolysis) is 1. The summed E-state index contributed by atoms with van der Waals surface area (Å²) in [6, 6.07) is -0.399. The predicted octanol–water partition coefficient (Wildman–Crippen LogP) is -0.728. The van der Waals surface area contributed by atoms with Crippen LogP contribution in [0.5, 0.6) is 0 Å². The Morgan fingerprint density at radius 2 is 2.50 bits per heavy atom. The molecule has 1 aliphatic heterocycles. The van der Waals surface area contributed by atoms with E-state index in [0.29, 0.717) is 6.54 Å². The van der Waals surface area contributed by atoms with Crippen molar-refractivity contribution in [3.8, 4) is 0 Å². The maximum absolute atomic E-state index is 11.0. The topological polar surface area (TPSA) is 67.4 Å². The standard InChI is InChI=1S/C7H12N2O3/c1-4(10)6(8-2)5-3-9-7(11)12-5/h5-6,8H,3H2,1-2H3,(H,9,11)/t5?,6-/m0/s1. The van der Waals surface area contributed by atoms with Crippen LogP contribution >= 0.6 is 0 Å². The van der Waals surface area contributed by atoms with E-state index in [0.717, 1.165) is 0 Å². The molecule has 0 spiro atoms. The maximum Gasteiger partial charge on any atom is 0.407 e. The second-order valence-corrected chi connectivity index (χ2v) is 2.70. The fourth-order valence-corrected chi connectivity index (χ4v) is 1.24. The van der Waals surface area contributed by atoms with Crippen LogP contribution < -0.4 is 10.6 Å². The molecule has 5 heteroatoms. The zero-order chi connectivity index (χ0) is 9.14. The van der Waals surface area contributed by atoms with E-state index in [4.69, 9.17) is 4.74 Å². The molecule has 1 amide bonds. The van der Waals surface area contributed by atoms with Gasteiger partial charge in [0.25, 0.3) is 0 Å². The highest BCUT2D eigenvalue weighted by molar-refractivity contribution is 5.83. The lowest BCUT2D eigenvalue weighted by atomic mass is 10.1. The number of nitrogens with one attached hydrogen (secondary N) is 2. The third-order valence-corrected chi connectivity index (χ3v) is 1.83. The Balaban J connectivity index is 2.55. The minimum atomic E-state index is -0.457. The van der Waals surface area contributed by atoms with E-state index in [2.05, 4.69) is 10.6 Å². The van der Waals surface area contributed by atoms with Crippen LogP contribution in [0.15, 0.2) is 0 Å². The first-order valence-corrected chi connectivity index (χ1v) is 3.77. The van der Waals surface area contributed by atoms with Crippen molar-refractivity contribution in [2.75, 3.05) is 13.6 Å². The predicted molar refractivity (Wildman–Crippen MR) is 41.8 cm³/mol. The van der Waals surface area contributed by atoms with Crippen molar-refractivity contribution >= 4 is 11.9 Å². The van der Waals surface area contributed by atoms with Crippen LogP contribution in [0, 0.1) is 0 Å². The van der Waals surface area contributed by atoms with Crippen LogP contribution in [0.4, 0.5) is 4.79 Å². The van der Waals surface area contributed by atoms with Gasteiger partial charge >= 0.3 is 6.09 Å². The van der Waals surface area contributed by atoms with E-state index < -0.39 is 12.1 Å². The SMILES string of the molecule is CN[C@@H](C(C)=O)C1CNC(=O)O1. The molecule has 1 fully saturated rings. The number of Topliss-reactive ketones (excluding diaryl/α,β-unsaturated/α-hetero) is 1. The smallest absolute Gasteiger partial charge is 0.407 e. The lowest BCUT2D eigenvalue weighted by Gasteiger charge is -2.17. The molecular weight excluding hydrogens is 160 g/mol. The molecule has 0 aromatic heterocycles. The van der Waals surface area contributed by atoms with E-state index in [-0.39, 0.29) is 11.9 Å². The van der Waals surface area contributed by atoms with Gasteiger partial charge in [-0.05, 0) is 14.0 Å². The summed E-state index contributed by atoms with van der Waals surface area (Å²) in [5, 5.41) is 5.28. The van der Waals surface area contributed by atoms with Crippen LogP contribution in [0.25, 0.3) is 0 Å². The highest BCUT2D eigenvalue weighted by atomic mass is 16.6. The molecule has 0 aromatic rings. The summed E-state index contributed by atoms with van der Waals surface area (Å²) in [5.74, 6) is -0.0287. The van der Waals surface area contributed by atoms with Crippen molar-refractivity contribution in [2.45, 2.75) is 19.1 Å². The summed E-state index contributed by atoms with van der Waals surface area (Å²) in [5.41, 5.74) is 0. The zero-order valence-corrected chi connectivity index (χ0v) is 7.09. The van der Waals surface area contributed by atoms with Gasteiger partial charge in [0.1, 0.15) is 12.1 Å². The Bertz CT molecular complexity index is 205. The van der Waals surface area contributed by atoms with E-state index in [1.807, 2.05) is 0 Å². The molecule has 2 N–H and O–H groups in total. The number of likely N-dealkylation sites (N-methyl/N-ethyl adjacent to an activating group) is 1. The van der Waals surface area contributed by atoms with Gasteiger partial charge < -0.3 is 15.4 Å². The van der Waals surface area contributed by atoms with Gasteiger partial charge in [0.2, 0.25) is 0 Å². The molecule has 68 valence electrons. The number of ketones is 1. The van der Waals surface area contributed by atoms with Crippen LogP contribution in [0.2, 0.25) is 0 Å². The van der Waals surface area contributed by atoms with Crippen molar-refractivity contribution in [3.05, 3.63) is 0 Å². The van der Waals surface area contributed by atoms with Crippen molar-refractivity contribution in [1.82, 2.24) is 10.6 Å². The molecule has 1 unspecified atom stereocenters. The highest BCUT2D eigenvalue weighted by Gasteiger charge is 2.32. The van der Waals surface area contributed by atoms with Gasteiger partial charge in [-0.2, -0.15) is 0 Å². The average molecular weight is 172 g/mol. The summed E-state index contributed by atoms with van der Waals surface area (Å²) in [7, 11) is 1.66. The number of carbonyl (C=O) groups is 2. The van der Waals surface area contributed by atoms with Crippen LogP contribution in [0.1, 0.15) is 6.92 Å². The quantitative estimate of drug-likeness (QED) is 0.589. The van der Waals surface area contributed by atoms with Gasteiger partial charge in [0.05, 0.1) is 6.54 Å². The Morgan fingerprint density at radius 1 is 1.83 bits per heavy atom. The first kappa shape index (κ1) is 8.99. The fraction of sp³-hybridized carbons (Fsp3) is 0.714. The number of amides is 1. The number of cyclic esters (lactones) is 1. The van der Waals surface area contributed by atoms with E-state index in [9.17, 15) is 9.59 Å². The highest BCUT2D eigenvalue weighted by Crippen LogP contribution is 2.05. The summed E-state index contributed by atoms with van der Waals surface area (Å²) >= 11 is 0. The monoisotopic (exact) mass is 172 g/mol. The average Bonchev–Trinajstić information content (AvgIpc) is 2.37. The minimum absolute atomic E-state index is 0.0287. The van der Waals surface area contributed by atoms with Crippen molar-refractivity contribution in [3.63, 3.8) is 0 Å². The summed E-state index contributed by atoms with van der Waals surface area (Å²) in [6.45, 7) is 1.86. The molecule has 0 radical (unpaired) electrons. The van der Waals surface area contributed by atoms with Gasteiger partial charge in [0, 0.05) is 0 Å². The molecule has 1 saturated heterocycles. The van der Waals surface area contributed by atoms with Gasteiger partial charge in [-0.3, -0.25) is 4.79 Å². The maximum atomic E-state index is 11.0. The molecule has 2 atom stereocenters. The molecule has 12 heavy (non-hydrogen) atoms. The van der Waals surface area contributed by atoms with Gasteiger partial charge in [-0.1, -0.05) is 0 Å². The Morgan fingerprint density at radius 3 is 2.83 bits per heavy atom. The second kappa shape index (κ2) is 3.53. The molecule has 0 saturated carbocycles. The number of hydrogen-bond donors (Lipinski definition) is 2. The van der Waals surface area contributed by atoms with Gasteiger partial charge in [-0.15, -0.1) is 0 Å². The largest absolute Gasteiger partial charge is 0.442 e. The Labute approximate surface area is 70.5 Å².